The molecular weight excluding hydrogens is 326 g/mol. The van der Waals surface area contributed by atoms with Crippen molar-refractivity contribution in [3.63, 3.8) is 0 Å². The molecule has 0 saturated carbocycles. The molecule has 0 unspecified atom stereocenters. The summed E-state index contributed by atoms with van der Waals surface area (Å²) in [6, 6.07) is 8.39. The Balaban J connectivity index is 1.75. The fourth-order valence-electron chi connectivity index (χ4n) is 2.21. The summed E-state index contributed by atoms with van der Waals surface area (Å²) in [6.45, 7) is 7.48. The molecule has 0 aliphatic rings. The zero-order valence-electron chi connectivity index (χ0n) is 12.8. The molecule has 1 aromatic heterocycles. The lowest BCUT2D eigenvalue weighted by Crippen LogP contribution is -2.20. The fourth-order valence-corrected chi connectivity index (χ4v) is 2.47. The van der Waals surface area contributed by atoms with E-state index in [9.17, 15) is 0 Å². The van der Waals surface area contributed by atoms with Crippen LogP contribution in [-0.4, -0.2) is 22.9 Å². The highest BCUT2D eigenvalue weighted by molar-refractivity contribution is 9.10. The van der Waals surface area contributed by atoms with Crippen LogP contribution in [0.15, 0.2) is 41.1 Å². The summed E-state index contributed by atoms with van der Waals surface area (Å²) >= 11 is 3.46. The highest BCUT2D eigenvalue weighted by Gasteiger charge is 2.01. The highest BCUT2D eigenvalue weighted by atomic mass is 79.9. The third kappa shape index (κ3) is 6.02. The smallest absolute Gasteiger partial charge is 0.0659 e. The number of aromatic nitrogens is 2. The molecule has 0 spiro atoms. The molecule has 4 heteroatoms. The Labute approximate surface area is 135 Å². The van der Waals surface area contributed by atoms with Crippen LogP contribution in [0.1, 0.15) is 31.4 Å². The number of nitrogens with one attached hydrogen (secondary N) is 1. The van der Waals surface area contributed by atoms with Gasteiger partial charge in [-0.3, -0.25) is 4.68 Å². The highest BCUT2D eigenvalue weighted by Crippen LogP contribution is 2.12. The Hall–Kier alpha value is -1.13. The van der Waals surface area contributed by atoms with Gasteiger partial charge in [0.2, 0.25) is 0 Å². The molecule has 0 atom stereocenters. The number of hydrogen-bond acceptors (Lipinski definition) is 2. The van der Waals surface area contributed by atoms with Crippen LogP contribution in [-0.2, 0) is 13.0 Å². The molecule has 114 valence electrons. The Morgan fingerprint density at radius 1 is 1.19 bits per heavy atom. The molecule has 1 aromatic carbocycles. The summed E-state index contributed by atoms with van der Waals surface area (Å²) in [5, 5.41) is 7.92. The Morgan fingerprint density at radius 2 is 1.95 bits per heavy atom. The molecule has 1 N–H and O–H groups in total. The fraction of sp³-hybridized carbons (Fsp3) is 0.471. The first-order valence-electron chi connectivity index (χ1n) is 7.60. The number of halogens is 1. The van der Waals surface area contributed by atoms with Crippen LogP contribution in [0, 0.1) is 5.92 Å². The SMILES string of the molecule is CC(C)CNCCCc1cnn(Cc2ccc(Br)cc2)c1. The molecule has 0 fully saturated rings. The first-order valence-corrected chi connectivity index (χ1v) is 8.39. The molecule has 0 radical (unpaired) electrons. The van der Waals surface area contributed by atoms with Gasteiger partial charge in [-0.25, -0.2) is 0 Å². The van der Waals surface area contributed by atoms with Gasteiger partial charge in [0.15, 0.2) is 0 Å². The van der Waals surface area contributed by atoms with Crippen molar-refractivity contribution >= 4 is 15.9 Å². The summed E-state index contributed by atoms with van der Waals surface area (Å²) < 4.78 is 3.13. The van der Waals surface area contributed by atoms with Crippen molar-refractivity contribution in [3.8, 4) is 0 Å². The van der Waals surface area contributed by atoms with Gasteiger partial charge in [-0.1, -0.05) is 41.9 Å². The second kappa shape index (κ2) is 8.35. The third-order valence-electron chi connectivity index (χ3n) is 3.32. The van der Waals surface area contributed by atoms with Crippen molar-refractivity contribution < 1.29 is 0 Å². The van der Waals surface area contributed by atoms with Crippen molar-refractivity contribution in [1.82, 2.24) is 15.1 Å². The monoisotopic (exact) mass is 349 g/mol. The zero-order chi connectivity index (χ0) is 15.1. The van der Waals surface area contributed by atoms with E-state index in [0.717, 1.165) is 42.9 Å². The number of rotatable bonds is 8. The lowest BCUT2D eigenvalue weighted by atomic mass is 10.2. The summed E-state index contributed by atoms with van der Waals surface area (Å²) in [6.07, 6.45) is 6.40. The van der Waals surface area contributed by atoms with Crippen LogP contribution in [0.4, 0.5) is 0 Å². The topological polar surface area (TPSA) is 29.9 Å². The normalized spacial score (nSPS) is 11.2. The van der Waals surface area contributed by atoms with Crippen LogP contribution < -0.4 is 5.32 Å². The minimum atomic E-state index is 0.721. The van der Waals surface area contributed by atoms with E-state index in [4.69, 9.17) is 0 Å². The Bertz CT molecular complexity index is 531. The van der Waals surface area contributed by atoms with Crippen molar-refractivity contribution in [3.05, 3.63) is 52.3 Å². The van der Waals surface area contributed by atoms with Gasteiger partial charge in [-0.15, -0.1) is 0 Å². The predicted molar refractivity (Wildman–Crippen MR) is 91.5 cm³/mol. The number of nitrogens with zero attached hydrogens (tertiary/aromatic N) is 2. The van der Waals surface area contributed by atoms with Gasteiger partial charge in [-0.2, -0.15) is 5.10 Å². The standard InChI is InChI=1S/C17H24BrN3/c1-14(2)10-19-9-3-4-16-11-20-21(13-16)12-15-5-7-17(18)8-6-15/h5-8,11,13-14,19H,3-4,9-10,12H2,1-2H3. The van der Waals surface area contributed by atoms with E-state index < -0.39 is 0 Å². The minimum Gasteiger partial charge on any atom is -0.316 e. The maximum Gasteiger partial charge on any atom is 0.0659 e. The molecule has 0 bridgehead atoms. The zero-order valence-corrected chi connectivity index (χ0v) is 14.4. The van der Waals surface area contributed by atoms with Gasteiger partial charge >= 0.3 is 0 Å². The predicted octanol–water partition coefficient (Wildman–Crippen LogP) is 3.87. The van der Waals surface area contributed by atoms with Gasteiger partial charge < -0.3 is 5.32 Å². The molecule has 1 heterocycles. The Morgan fingerprint density at radius 3 is 2.67 bits per heavy atom. The van der Waals surface area contributed by atoms with Crippen molar-refractivity contribution in [2.75, 3.05) is 13.1 Å². The summed E-state index contributed by atoms with van der Waals surface area (Å²) in [5.41, 5.74) is 2.59. The molecular formula is C17H24BrN3. The molecule has 0 amide bonds. The quantitative estimate of drug-likeness (QED) is 0.733. The van der Waals surface area contributed by atoms with Gasteiger partial charge in [0.25, 0.3) is 0 Å². The molecule has 0 saturated heterocycles. The van der Waals surface area contributed by atoms with Gasteiger partial charge in [0.05, 0.1) is 12.7 Å². The van der Waals surface area contributed by atoms with E-state index in [0.29, 0.717) is 0 Å². The van der Waals surface area contributed by atoms with E-state index in [1.807, 2.05) is 10.9 Å². The molecule has 2 aromatic rings. The summed E-state index contributed by atoms with van der Waals surface area (Å²) in [4.78, 5) is 0. The lowest BCUT2D eigenvalue weighted by Gasteiger charge is -2.06. The maximum atomic E-state index is 4.45. The second-order valence-electron chi connectivity index (χ2n) is 5.87. The summed E-state index contributed by atoms with van der Waals surface area (Å²) in [7, 11) is 0. The van der Waals surface area contributed by atoms with E-state index in [1.165, 1.54) is 11.1 Å². The summed E-state index contributed by atoms with van der Waals surface area (Å²) in [5.74, 6) is 0.721. The average Bonchev–Trinajstić information content (AvgIpc) is 2.88. The first kappa shape index (κ1) is 16.2. The average molecular weight is 350 g/mol. The van der Waals surface area contributed by atoms with Crippen LogP contribution in [0.25, 0.3) is 0 Å². The number of aryl methyl sites for hydroxylation is 1. The molecule has 0 aliphatic heterocycles. The lowest BCUT2D eigenvalue weighted by molar-refractivity contribution is 0.543. The van der Waals surface area contributed by atoms with Crippen molar-refractivity contribution in [1.29, 1.82) is 0 Å². The van der Waals surface area contributed by atoms with Crippen LogP contribution >= 0.6 is 15.9 Å². The molecule has 3 nitrogen and oxygen atoms in total. The van der Waals surface area contributed by atoms with Crippen molar-refractivity contribution in [2.24, 2.45) is 5.92 Å². The van der Waals surface area contributed by atoms with E-state index in [1.54, 1.807) is 0 Å². The molecule has 2 rings (SSSR count). The molecule has 21 heavy (non-hydrogen) atoms. The van der Waals surface area contributed by atoms with Gasteiger partial charge in [0, 0.05) is 10.7 Å². The van der Waals surface area contributed by atoms with Crippen LogP contribution in [0.5, 0.6) is 0 Å². The Kier molecular flexibility index (Phi) is 6.46. The number of benzene rings is 1. The molecule has 0 aliphatic carbocycles. The second-order valence-corrected chi connectivity index (χ2v) is 6.79. The van der Waals surface area contributed by atoms with Crippen LogP contribution in [0.3, 0.4) is 0 Å². The van der Waals surface area contributed by atoms with Crippen LogP contribution in [0.2, 0.25) is 0 Å². The number of hydrogen-bond donors (Lipinski definition) is 1. The van der Waals surface area contributed by atoms with E-state index in [2.05, 4.69) is 70.7 Å². The minimum absolute atomic E-state index is 0.721. The van der Waals surface area contributed by atoms with Crippen molar-refractivity contribution in [2.45, 2.75) is 33.2 Å². The maximum absolute atomic E-state index is 4.45. The first-order chi connectivity index (χ1) is 10.1. The van der Waals surface area contributed by atoms with E-state index in [-0.39, 0.29) is 0 Å². The van der Waals surface area contributed by atoms with Gasteiger partial charge in [0.1, 0.15) is 0 Å². The van der Waals surface area contributed by atoms with E-state index >= 15 is 0 Å². The third-order valence-corrected chi connectivity index (χ3v) is 3.84. The van der Waals surface area contributed by atoms with Gasteiger partial charge in [-0.05, 0) is 55.1 Å². The largest absolute Gasteiger partial charge is 0.316 e.